The first kappa shape index (κ1) is 13.4. The minimum Gasteiger partial charge on any atom is -0.481 e. The number of aryl methyl sites for hydroxylation is 1. The SMILES string of the molecule is Cc1nnc(SCC(=O)O)n1C1CCCC1(C)C. The standard InChI is InChI=1S/C12H19N3O2S/c1-8-13-14-11(18-7-10(16)17)15(8)9-5-4-6-12(9,2)3/h9H,4-7H2,1-3H3,(H,16,17). The van der Waals surface area contributed by atoms with Crippen molar-refractivity contribution >= 4 is 17.7 Å². The second-order valence-corrected chi connectivity index (χ2v) is 6.42. The lowest BCUT2D eigenvalue weighted by Crippen LogP contribution is -2.23. The first-order valence-electron chi connectivity index (χ1n) is 6.18. The van der Waals surface area contributed by atoms with Crippen LogP contribution in [0.15, 0.2) is 5.16 Å². The number of aliphatic carboxylic acids is 1. The van der Waals surface area contributed by atoms with Crippen LogP contribution in [0.3, 0.4) is 0 Å². The number of aromatic nitrogens is 3. The van der Waals surface area contributed by atoms with E-state index in [0.29, 0.717) is 6.04 Å². The smallest absolute Gasteiger partial charge is 0.313 e. The number of nitrogens with zero attached hydrogens (tertiary/aromatic N) is 3. The van der Waals surface area contributed by atoms with Crippen LogP contribution in [0.1, 0.15) is 45.0 Å². The molecule has 1 fully saturated rings. The molecule has 6 heteroatoms. The highest BCUT2D eigenvalue weighted by molar-refractivity contribution is 7.99. The molecule has 0 spiro atoms. The normalized spacial score (nSPS) is 22.3. The number of carboxylic acid groups (broad SMARTS) is 1. The van der Waals surface area contributed by atoms with Crippen molar-refractivity contribution in [1.82, 2.24) is 14.8 Å². The van der Waals surface area contributed by atoms with Gasteiger partial charge in [-0.2, -0.15) is 0 Å². The monoisotopic (exact) mass is 269 g/mol. The molecule has 1 N–H and O–H groups in total. The Morgan fingerprint density at radius 3 is 2.83 bits per heavy atom. The van der Waals surface area contributed by atoms with Crippen LogP contribution in [0.2, 0.25) is 0 Å². The highest BCUT2D eigenvalue weighted by Crippen LogP contribution is 2.47. The first-order valence-corrected chi connectivity index (χ1v) is 7.16. The quantitative estimate of drug-likeness (QED) is 0.851. The van der Waals surface area contributed by atoms with Gasteiger partial charge in [-0.1, -0.05) is 32.0 Å². The molecule has 1 aromatic heterocycles. The Morgan fingerprint density at radius 2 is 2.28 bits per heavy atom. The second-order valence-electron chi connectivity index (χ2n) is 5.48. The molecule has 2 rings (SSSR count). The Bertz CT molecular complexity index is 456. The van der Waals surface area contributed by atoms with Crippen molar-refractivity contribution in [2.75, 3.05) is 5.75 Å². The van der Waals surface area contributed by atoms with Crippen LogP contribution in [0.4, 0.5) is 0 Å². The summed E-state index contributed by atoms with van der Waals surface area (Å²) in [6.45, 7) is 6.46. The van der Waals surface area contributed by atoms with E-state index in [2.05, 4.69) is 28.6 Å². The number of thioether (sulfide) groups is 1. The second kappa shape index (κ2) is 4.91. The van der Waals surface area contributed by atoms with Gasteiger partial charge in [0.2, 0.25) is 0 Å². The van der Waals surface area contributed by atoms with Crippen molar-refractivity contribution in [3.8, 4) is 0 Å². The molecule has 0 saturated heterocycles. The summed E-state index contributed by atoms with van der Waals surface area (Å²) < 4.78 is 2.13. The molecule has 0 aliphatic heterocycles. The predicted molar refractivity (Wildman–Crippen MR) is 69.8 cm³/mol. The van der Waals surface area contributed by atoms with Crippen LogP contribution >= 0.6 is 11.8 Å². The lowest BCUT2D eigenvalue weighted by atomic mass is 9.87. The highest BCUT2D eigenvalue weighted by atomic mass is 32.2. The fraction of sp³-hybridized carbons (Fsp3) is 0.750. The van der Waals surface area contributed by atoms with Gasteiger partial charge in [0.15, 0.2) is 5.16 Å². The number of rotatable bonds is 4. The summed E-state index contributed by atoms with van der Waals surface area (Å²) in [6.07, 6.45) is 3.52. The van der Waals surface area contributed by atoms with Crippen LogP contribution in [-0.2, 0) is 4.79 Å². The average molecular weight is 269 g/mol. The summed E-state index contributed by atoms with van der Waals surface area (Å²) in [5, 5.41) is 17.7. The van der Waals surface area contributed by atoms with E-state index in [1.807, 2.05) is 6.92 Å². The molecule has 100 valence electrons. The predicted octanol–water partition coefficient (Wildman–Crippen LogP) is 2.51. The Morgan fingerprint density at radius 1 is 1.56 bits per heavy atom. The molecular formula is C12H19N3O2S. The minimum atomic E-state index is -0.821. The minimum absolute atomic E-state index is 0.0330. The van der Waals surface area contributed by atoms with Crippen molar-refractivity contribution in [3.63, 3.8) is 0 Å². The zero-order chi connectivity index (χ0) is 13.3. The van der Waals surface area contributed by atoms with E-state index < -0.39 is 5.97 Å². The van der Waals surface area contributed by atoms with E-state index in [0.717, 1.165) is 17.4 Å². The zero-order valence-electron chi connectivity index (χ0n) is 11.0. The van der Waals surface area contributed by atoms with Gasteiger partial charge in [-0.25, -0.2) is 0 Å². The van der Waals surface area contributed by atoms with E-state index in [9.17, 15) is 4.79 Å². The van der Waals surface area contributed by atoms with Gasteiger partial charge in [-0.3, -0.25) is 4.79 Å². The molecule has 1 aliphatic rings. The Balaban J connectivity index is 2.26. The molecule has 0 amide bonds. The average Bonchev–Trinajstić information content (AvgIpc) is 2.78. The van der Waals surface area contributed by atoms with Crippen molar-refractivity contribution in [2.24, 2.45) is 5.41 Å². The maximum Gasteiger partial charge on any atom is 0.313 e. The molecule has 18 heavy (non-hydrogen) atoms. The van der Waals surface area contributed by atoms with E-state index in [1.54, 1.807) is 0 Å². The number of hydrogen-bond acceptors (Lipinski definition) is 4. The summed E-state index contributed by atoms with van der Waals surface area (Å²) in [5.41, 5.74) is 0.228. The maximum atomic E-state index is 10.7. The molecular weight excluding hydrogens is 250 g/mol. The van der Waals surface area contributed by atoms with Gasteiger partial charge in [0, 0.05) is 6.04 Å². The number of carbonyl (C=O) groups is 1. The van der Waals surface area contributed by atoms with Crippen molar-refractivity contribution < 1.29 is 9.90 Å². The Kier molecular flexibility index (Phi) is 3.66. The third-order valence-electron chi connectivity index (χ3n) is 3.67. The molecule has 1 saturated carbocycles. The van der Waals surface area contributed by atoms with Crippen LogP contribution in [0, 0.1) is 12.3 Å². The van der Waals surface area contributed by atoms with E-state index in [1.165, 1.54) is 24.6 Å². The third-order valence-corrected chi connectivity index (χ3v) is 4.60. The van der Waals surface area contributed by atoms with Gasteiger partial charge in [0.1, 0.15) is 5.82 Å². The molecule has 5 nitrogen and oxygen atoms in total. The number of hydrogen-bond donors (Lipinski definition) is 1. The van der Waals surface area contributed by atoms with Gasteiger partial charge in [0.05, 0.1) is 5.75 Å². The van der Waals surface area contributed by atoms with Crippen LogP contribution in [-0.4, -0.2) is 31.6 Å². The van der Waals surface area contributed by atoms with Gasteiger partial charge in [-0.05, 0) is 25.2 Å². The lowest BCUT2D eigenvalue weighted by molar-refractivity contribution is -0.133. The summed E-state index contributed by atoms with van der Waals surface area (Å²) in [5.74, 6) is 0.0893. The van der Waals surface area contributed by atoms with Gasteiger partial charge < -0.3 is 9.67 Å². The Labute approximate surface area is 111 Å². The molecule has 1 atom stereocenters. The first-order chi connectivity index (χ1) is 8.42. The number of carboxylic acids is 1. The van der Waals surface area contributed by atoms with E-state index >= 15 is 0 Å². The molecule has 1 heterocycles. The molecule has 0 aromatic carbocycles. The summed E-state index contributed by atoms with van der Waals surface area (Å²) >= 11 is 1.25. The van der Waals surface area contributed by atoms with Crippen LogP contribution < -0.4 is 0 Å². The van der Waals surface area contributed by atoms with Crippen LogP contribution in [0.5, 0.6) is 0 Å². The fourth-order valence-corrected chi connectivity index (χ4v) is 3.47. The molecule has 1 aliphatic carbocycles. The maximum absolute atomic E-state index is 10.7. The largest absolute Gasteiger partial charge is 0.481 e. The highest BCUT2D eigenvalue weighted by Gasteiger charge is 2.37. The van der Waals surface area contributed by atoms with Gasteiger partial charge in [0.25, 0.3) is 0 Å². The molecule has 0 radical (unpaired) electrons. The van der Waals surface area contributed by atoms with Gasteiger partial charge >= 0.3 is 5.97 Å². The third kappa shape index (κ3) is 2.53. The summed E-state index contributed by atoms with van der Waals surface area (Å²) in [6, 6.07) is 0.379. The lowest BCUT2D eigenvalue weighted by Gasteiger charge is -2.29. The Hall–Kier alpha value is -1.04. The van der Waals surface area contributed by atoms with Crippen molar-refractivity contribution in [1.29, 1.82) is 0 Å². The van der Waals surface area contributed by atoms with E-state index in [-0.39, 0.29) is 11.2 Å². The van der Waals surface area contributed by atoms with Crippen molar-refractivity contribution in [3.05, 3.63) is 5.82 Å². The molecule has 1 unspecified atom stereocenters. The molecule has 1 aromatic rings. The van der Waals surface area contributed by atoms with E-state index in [4.69, 9.17) is 5.11 Å². The molecule has 0 bridgehead atoms. The topological polar surface area (TPSA) is 68.0 Å². The fourth-order valence-electron chi connectivity index (χ4n) is 2.72. The zero-order valence-corrected chi connectivity index (χ0v) is 11.8. The van der Waals surface area contributed by atoms with Crippen LogP contribution in [0.25, 0.3) is 0 Å². The van der Waals surface area contributed by atoms with Crippen molar-refractivity contribution in [2.45, 2.75) is 51.2 Å². The summed E-state index contributed by atoms with van der Waals surface area (Å²) in [4.78, 5) is 10.7. The van der Waals surface area contributed by atoms with Gasteiger partial charge in [-0.15, -0.1) is 10.2 Å². The summed E-state index contributed by atoms with van der Waals surface area (Å²) in [7, 11) is 0.